The second-order valence-corrected chi connectivity index (χ2v) is 8.85. The Labute approximate surface area is 213 Å². The maximum Gasteiger partial charge on any atom is 0.338 e. The van der Waals surface area contributed by atoms with E-state index in [1.165, 1.54) is 0 Å². The zero-order valence-electron chi connectivity index (χ0n) is 21.8. The van der Waals surface area contributed by atoms with E-state index in [1.807, 2.05) is 35.2 Å². The molecule has 0 fully saturated rings. The smallest absolute Gasteiger partial charge is 0.338 e. The van der Waals surface area contributed by atoms with Gasteiger partial charge in [0.1, 0.15) is 0 Å². The van der Waals surface area contributed by atoms with Crippen LogP contribution in [0, 0.1) is 0 Å². The molecular weight excluding hydrogens is 454 g/mol. The number of fused-ring (bicyclic) bond motifs is 1. The Morgan fingerprint density at radius 2 is 1.64 bits per heavy atom. The van der Waals surface area contributed by atoms with E-state index in [1.54, 1.807) is 19.1 Å². The molecule has 194 valence electrons. The number of ether oxygens (including phenoxy) is 1. The van der Waals surface area contributed by atoms with Gasteiger partial charge in [0.2, 0.25) is 5.95 Å². The third kappa shape index (κ3) is 6.85. The number of nitrogens with zero attached hydrogens (tertiary/aromatic N) is 3. The minimum atomic E-state index is -0.344. The van der Waals surface area contributed by atoms with Crippen LogP contribution < -0.4 is 11.1 Å². The third-order valence-electron chi connectivity index (χ3n) is 6.08. The van der Waals surface area contributed by atoms with Crippen LogP contribution in [0.1, 0.15) is 73.6 Å². The van der Waals surface area contributed by atoms with E-state index >= 15 is 0 Å². The largest absolute Gasteiger partial charge is 0.462 e. The number of imidazole rings is 1. The first-order valence-electron chi connectivity index (χ1n) is 13.1. The fourth-order valence-electron chi connectivity index (χ4n) is 4.06. The van der Waals surface area contributed by atoms with Gasteiger partial charge in [-0.3, -0.25) is 4.79 Å². The summed E-state index contributed by atoms with van der Waals surface area (Å²) in [6, 6.07) is 12.8. The van der Waals surface area contributed by atoms with Gasteiger partial charge < -0.3 is 25.3 Å². The number of hydrogen-bond acceptors (Lipinski definition) is 6. The number of esters is 1. The normalized spacial score (nSPS) is 11.0. The van der Waals surface area contributed by atoms with Crippen molar-refractivity contribution >= 4 is 34.5 Å². The number of rotatable bonds is 14. The van der Waals surface area contributed by atoms with Gasteiger partial charge in [0, 0.05) is 30.9 Å². The van der Waals surface area contributed by atoms with Gasteiger partial charge in [0.15, 0.2) is 0 Å². The zero-order valence-corrected chi connectivity index (χ0v) is 21.8. The standard InChI is InChI=1S/C28H39N5O3/c1-4-7-17-32(18-8-5-2)26(34)22-12-15-24-25(20-22)33(19-9-16-29)28(31-24)30-23-13-10-21(11-14-23)27(35)36-6-3/h10-15,20H,4-9,16-19,29H2,1-3H3,(H,30,31). The molecule has 2 aromatic carbocycles. The minimum absolute atomic E-state index is 0.0643. The number of hydrogen-bond donors (Lipinski definition) is 2. The predicted molar refractivity (Wildman–Crippen MR) is 145 cm³/mol. The summed E-state index contributed by atoms with van der Waals surface area (Å²) in [6.07, 6.45) is 4.87. The topological polar surface area (TPSA) is 102 Å². The number of carbonyl (C=O) groups excluding carboxylic acids is 2. The highest BCUT2D eigenvalue weighted by atomic mass is 16.5. The second kappa shape index (κ2) is 13.6. The molecule has 3 rings (SSSR count). The molecule has 0 saturated heterocycles. The summed E-state index contributed by atoms with van der Waals surface area (Å²) in [5.41, 5.74) is 9.49. The molecule has 0 aliphatic heterocycles. The van der Waals surface area contributed by atoms with Crippen LogP contribution in [0.3, 0.4) is 0 Å². The van der Waals surface area contributed by atoms with Gasteiger partial charge >= 0.3 is 5.97 Å². The minimum Gasteiger partial charge on any atom is -0.462 e. The van der Waals surface area contributed by atoms with Gasteiger partial charge in [0.05, 0.1) is 23.2 Å². The zero-order chi connectivity index (χ0) is 25.9. The molecule has 3 N–H and O–H groups in total. The lowest BCUT2D eigenvalue weighted by atomic mass is 10.1. The van der Waals surface area contributed by atoms with Crippen LogP contribution in [0.25, 0.3) is 11.0 Å². The van der Waals surface area contributed by atoms with Crippen molar-refractivity contribution < 1.29 is 14.3 Å². The molecule has 0 saturated carbocycles. The SMILES string of the molecule is CCCCN(CCCC)C(=O)c1ccc2nc(Nc3ccc(C(=O)OCC)cc3)n(CCCN)c2c1. The number of nitrogens with two attached hydrogens (primary N) is 1. The van der Waals surface area contributed by atoms with Crippen LogP contribution in [-0.2, 0) is 11.3 Å². The van der Waals surface area contributed by atoms with Gasteiger partial charge in [-0.15, -0.1) is 0 Å². The van der Waals surface area contributed by atoms with E-state index in [0.717, 1.165) is 61.9 Å². The van der Waals surface area contributed by atoms with E-state index in [2.05, 4.69) is 23.7 Å². The van der Waals surface area contributed by atoms with Crippen LogP contribution in [-0.4, -0.2) is 52.6 Å². The summed E-state index contributed by atoms with van der Waals surface area (Å²) in [7, 11) is 0. The summed E-state index contributed by atoms with van der Waals surface area (Å²) in [5, 5.41) is 3.36. The Hall–Kier alpha value is -3.39. The lowest BCUT2D eigenvalue weighted by molar-refractivity contribution is 0.0526. The molecule has 0 bridgehead atoms. The number of amides is 1. The van der Waals surface area contributed by atoms with Crippen LogP contribution >= 0.6 is 0 Å². The van der Waals surface area contributed by atoms with Crippen molar-refractivity contribution in [2.75, 3.05) is 31.6 Å². The molecule has 0 radical (unpaired) electrons. The molecule has 0 atom stereocenters. The lowest BCUT2D eigenvalue weighted by Gasteiger charge is -2.22. The number of unbranched alkanes of at least 4 members (excludes halogenated alkanes) is 2. The first-order valence-corrected chi connectivity index (χ1v) is 13.1. The Balaban J connectivity index is 1.90. The van der Waals surface area contributed by atoms with Crippen LogP contribution in [0.5, 0.6) is 0 Å². The highest BCUT2D eigenvalue weighted by molar-refractivity contribution is 5.98. The first kappa shape index (κ1) is 27.2. The molecule has 1 aromatic heterocycles. The second-order valence-electron chi connectivity index (χ2n) is 8.85. The number of anilines is 2. The summed E-state index contributed by atoms with van der Waals surface area (Å²) in [6.45, 7) is 9.17. The van der Waals surface area contributed by atoms with Gasteiger partial charge in [-0.2, -0.15) is 0 Å². The average molecular weight is 494 g/mol. The number of aromatic nitrogens is 2. The van der Waals surface area contributed by atoms with Crippen molar-refractivity contribution in [3.8, 4) is 0 Å². The molecule has 8 nitrogen and oxygen atoms in total. The number of nitrogens with one attached hydrogen (secondary N) is 1. The summed E-state index contributed by atoms with van der Waals surface area (Å²) in [4.78, 5) is 32.1. The van der Waals surface area contributed by atoms with Crippen LogP contribution in [0.4, 0.5) is 11.6 Å². The molecule has 1 heterocycles. The van der Waals surface area contributed by atoms with Crippen molar-refractivity contribution in [3.05, 3.63) is 53.6 Å². The van der Waals surface area contributed by atoms with Gasteiger partial charge in [-0.1, -0.05) is 26.7 Å². The Kier molecular flexibility index (Phi) is 10.3. The maximum absolute atomic E-state index is 13.4. The van der Waals surface area contributed by atoms with Gasteiger partial charge in [-0.25, -0.2) is 9.78 Å². The summed E-state index contributed by atoms with van der Waals surface area (Å²) >= 11 is 0. The fraction of sp³-hybridized carbons (Fsp3) is 0.464. The average Bonchev–Trinajstić information content (AvgIpc) is 3.23. The molecule has 8 heteroatoms. The van der Waals surface area contributed by atoms with Crippen LogP contribution in [0.15, 0.2) is 42.5 Å². The van der Waals surface area contributed by atoms with E-state index < -0.39 is 0 Å². The highest BCUT2D eigenvalue weighted by Crippen LogP contribution is 2.25. The molecule has 0 aliphatic carbocycles. The monoisotopic (exact) mass is 493 g/mol. The van der Waals surface area contributed by atoms with E-state index in [-0.39, 0.29) is 11.9 Å². The number of carbonyl (C=O) groups is 2. The van der Waals surface area contributed by atoms with Crippen LogP contribution in [0.2, 0.25) is 0 Å². The van der Waals surface area contributed by atoms with Crippen molar-refractivity contribution in [1.29, 1.82) is 0 Å². The van der Waals surface area contributed by atoms with Gasteiger partial charge in [-0.05, 0) is 75.2 Å². The Morgan fingerprint density at radius 3 is 2.25 bits per heavy atom. The molecule has 1 amide bonds. The van der Waals surface area contributed by atoms with E-state index in [0.29, 0.717) is 36.8 Å². The molecule has 0 aliphatic rings. The number of benzene rings is 2. The number of aryl methyl sites for hydroxylation is 1. The quantitative estimate of drug-likeness (QED) is 0.294. The van der Waals surface area contributed by atoms with Crippen molar-refractivity contribution in [3.63, 3.8) is 0 Å². The molecular formula is C28H39N5O3. The van der Waals surface area contributed by atoms with E-state index in [9.17, 15) is 9.59 Å². The fourth-order valence-corrected chi connectivity index (χ4v) is 4.06. The molecule has 0 unspecified atom stereocenters. The molecule has 36 heavy (non-hydrogen) atoms. The first-order chi connectivity index (χ1) is 17.5. The van der Waals surface area contributed by atoms with Crippen molar-refractivity contribution in [2.45, 2.75) is 59.4 Å². The Bertz CT molecular complexity index is 1130. The van der Waals surface area contributed by atoms with Crippen molar-refractivity contribution in [1.82, 2.24) is 14.5 Å². The third-order valence-corrected chi connectivity index (χ3v) is 6.08. The van der Waals surface area contributed by atoms with E-state index in [4.69, 9.17) is 15.5 Å². The van der Waals surface area contributed by atoms with Crippen molar-refractivity contribution in [2.24, 2.45) is 5.73 Å². The highest BCUT2D eigenvalue weighted by Gasteiger charge is 2.18. The maximum atomic E-state index is 13.4. The molecule has 0 spiro atoms. The summed E-state index contributed by atoms with van der Waals surface area (Å²) in [5.74, 6) is 0.388. The predicted octanol–water partition coefficient (Wildman–Crippen LogP) is 5.35. The molecule has 3 aromatic rings. The summed E-state index contributed by atoms with van der Waals surface area (Å²) < 4.78 is 7.13. The van der Waals surface area contributed by atoms with Gasteiger partial charge in [0.25, 0.3) is 5.91 Å². The Morgan fingerprint density at radius 1 is 0.972 bits per heavy atom. The lowest BCUT2D eigenvalue weighted by Crippen LogP contribution is -2.33.